The molecule has 0 aromatic heterocycles. The molecule has 0 aliphatic carbocycles. The van der Waals surface area contributed by atoms with Crippen LogP contribution in [0.5, 0.6) is 5.75 Å². The molecule has 1 heterocycles. The molecule has 0 saturated heterocycles. The van der Waals surface area contributed by atoms with E-state index in [4.69, 9.17) is 4.74 Å². The number of hydrogen-bond donors (Lipinski definition) is 1. The molecule has 0 fully saturated rings. The quantitative estimate of drug-likeness (QED) is 0.737. The Bertz CT molecular complexity index is 462. The van der Waals surface area contributed by atoms with Crippen molar-refractivity contribution in [1.82, 2.24) is 0 Å². The van der Waals surface area contributed by atoms with Crippen LogP contribution in [0, 0.1) is 0 Å². The summed E-state index contributed by atoms with van der Waals surface area (Å²) in [7, 11) is 1.32. The van der Waals surface area contributed by atoms with Gasteiger partial charge < -0.3 is 14.6 Å². The predicted molar refractivity (Wildman–Crippen MR) is 58.5 cm³/mol. The second kappa shape index (κ2) is 3.89. The van der Waals surface area contributed by atoms with Gasteiger partial charge in [0.25, 0.3) is 0 Å². The molecule has 1 atom stereocenters. The summed E-state index contributed by atoms with van der Waals surface area (Å²) in [5.74, 6) is 0.258. The van der Waals surface area contributed by atoms with Crippen molar-refractivity contribution in [3.05, 3.63) is 35.4 Å². The minimum Gasteiger partial charge on any atom is -0.507 e. The van der Waals surface area contributed by atoms with Crippen LogP contribution < -0.4 is 4.74 Å². The number of methoxy groups -OCH3 is 1. The second-order valence-electron chi connectivity index (χ2n) is 3.58. The van der Waals surface area contributed by atoms with E-state index in [1.165, 1.54) is 7.11 Å². The SMILES string of the molecule is COC(=O)c1ccc2c(c1)C(O)=C[C@H](C)O2. The third kappa shape index (κ3) is 1.74. The van der Waals surface area contributed by atoms with E-state index in [-0.39, 0.29) is 11.9 Å². The Morgan fingerprint density at radius 3 is 2.94 bits per heavy atom. The van der Waals surface area contributed by atoms with Gasteiger partial charge >= 0.3 is 5.97 Å². The largest absolute Gasteiger partial charge is 0.507 e. The Labute approximate surface area is 93.1 Å². The van der Waals surface area contributed by atoms with Crippen molar-refractivity contribution in [1.29, 1.82) is 0 Å². The van der Waals surface area contributed by atoms with Crippen molar-refractivity contribution in [3.8, 4) is 5.75 Å². The fourth-order valence-corrected chi connectivity index (χ4v) is 1.62. The number of aliphatic hydroxyl groups excluding tert-OH is 1. The Morgan fingerprint density at radius 1 is 1.50 bits per heavy atom. The highest BCUT2D eigenvalue weighted by molar-refractivity contribution is 5.91. The first-order valence-electron chi connectivity index (χ1n) is 4.92. The van der Waals surface area contributed by atoms with E-state index in [0.717, 1.165) is 0 Å². The number of benzene rings is 1. The lowest BCUT2D eigenvalue weighted by Gasteiger charge is -2.20. The topological polar surface area (TPSA) is 55.8 Å². The maximum absolute atomic E-state index is 11.3. The molecule has 1 aliphatic heterocycles. The summed E-state index contributed by atoms with van der Waals surface area (Å²) in [6, 6.07) is 4.82. The summed E-state index contributed by atoms with van der Waals surface area (Å²) in [6.07, 6.45) is 1.42. The number of carbonyl (C=O) groups excluding carboxylic acids is 1. The Kier molecular flexibility index (Phi) is 2.56. The van der Waals surface area contributed by atoms with Crippen LogP contribution in [0.3, 0.4) is 0 Å². The van der Waals surface area contributed by atoms with E-state index < -0.39 is 5.97 Å². The number of rotatable bonds is 1. The molecule has 2 rings (SSSR count). The summed E-state index contributed by atoms with van der Waals surface area (Å²) >= 11 is 0. The molecule has 0 spiro atoms. The van der Waals surface area contributed by atoms with Gasteiger partial charge in [0.2, 0.25) is 0 Å². The van der Waals surface area contributed by atoms with Crippen LogP contribution in [0.4, 0.5) is 0 Å². The zero-order valence-electron chi connectivity index (χ0n) is 9.06. The van der Waals surface area contributed by atoms with E-state index in [2.05, 4.69) is 4.74 Å². The number of esters is 1. The molecule has 0 radical (unpaired) electrons. The van der Waals surface area contributed by atoms with Gasteiger partial charge in [-0.25, -0.2) is 4.79 Å². The van der Waals surface area contributed by atoms with E-state index >= 15 is 0 Å². The first kappa shape index (κ1) is 10.5. The van der Waals surface area contributed by atoms with Gasteiger partial charge in [-0.15, -0.1) is 0 Å². The average molecular weight is 220 g/mol. The van der Waals surface area contributed by atoms with Crippen molar-refractivity contribution in [2.75, 3.05) is 7.11 Å². The van der Waals surface area contributed by atoms with Crippen molar-refractivity contribution in [2.24, 2.45) is 0 Å². The van der Waals surface area contributed by atoms with E-state index in [0.29, 0.717) is 16.9 Å². The van der Waals surface area contributed by atoms with Gasteiger partial charge in [0, 0.05) is 0 Å². The molecule has 1 aliphatic rings. The van der Waals surface area contributed by atoms with Gasteiger partial charge in [-0.2, -0.15) is 0 Å². The molecule has 1 N–H and O–H groups in total. The molecule has 4 nitrogen and oxygen atoms in total. The Balaban J connectivity index is 2.45. The summed E-state index contributed by atoms with van der Waals surface area (Å²) in [4.78, 5) is 11.3. The highest BCUT2D eigenvalue weighted by Crippen LogP contribution is 2.31. The number of hydrogen-bond acceptors (Lipinski definition) is 4. The van der Waals surface area contributed by atoms with Gasteiger partial charge in [-0.3, -0.25) is 0 Å². The average Bonchev–Trinajstić information content (AvgIpc) is 2.27. The molecule has 0 saturated carbocycles. The van der Waals surface area contributed by atoms with Crippen LogP contribution in [-0.4, -0.2) is 24.3 Å². The minimum absolute atomic E-state index is 0.125. The van der Waals surface area contributed by atoms with Crippen LogP contribution in [-0.2, 0) is 4.74 Å². The van der Waals surface area contributed by atoms with Crippen LogP contribution >= 0.6 is 0 Å². The lowest BCUT2D eigenvalue weighted by molar-refractivity contribution is 0.0600. The van der Waals surface area contributed by atoms with Crippen molar-refractivity contribution in [3.63, 3.8) is 0 Å². The van der Waals surface area contributed by atoms with Crippen molar-refractivity contribution < 1.29 is 19.4 Å². The number of fused-ring (bicyclic) bond motifs is 1. The molecule has 16 heavy (non-hydrogen) atoms. The summed E-state index contributed by atoms with van der Waals surface area (Å²) < 4.78 is 10.1. The Morgan fingerprint density at radius 2 is 2.25 bits per heavy atom. The van der Waals surface area contributed by atoms with Crippen LogP contribution in [0.25, 0.3) is 5.76 Å². The van der Waals surface area contributed by atoms with Gasteiger partial charge in [0.05, 0.1) is 18.2 Å². The third-order valence-electron chi connectivity index (χ3n) is 2.38. The molecule has 84 valence electrons. The molecule has 0 bridgehead atoms. The molecule has 4 heteroatoms. The van der Waals surface area contributed by atoms with Crippen molar-refractivity contribution in [2.45, 2.75) is 13.0 Å². The maximum atomic E-state index is 11.3. The maximum Gasteiger partial charge on any atom is 0.337 e. The highest BCUT2D eigenvalue weighted by atomic mass is 16.5. The second-order valence-corrected chi connectivity index (χ2v) is 3.58. The summed E-state index contributed by atoms with van der Waals surface area (Å²) in [6.45, 7) is 1.83. The zero-order chi connectivity index (χ0) is 11.7. The molecule has 0 unspecified atom stereocenters. The van der Waals surface area contributed by atoms with Crippen molar-refractivity contribution >= 4 is 11.7 Å². The zero-order valence-corrected chi connectivity index (χ0v) is 9.06. The van der Waals surface area contributed by atoms with E-state index in [1.807, 2.05) is 6.92 Å². The summed E-state index contributed by atoms with van der Waals surface area (Å²) in [5, 5.41) is 9.74. The number of carbonyl (C=O) groups is 1. The van der Waals surface area contributed by atoms with Gasteiger partial charge in [-0.1, -0.05) is 0 Å². The van der Waals surface area contributed by atoms with Crippen LogP contribution in [0.2, 0.25) is 0 Å². The molecule has 1 aromatic carbocycles. The lowest BCUT2D eigenvalue weighted by atomic mass is 10.0. The normalized spacial score (nSPS) is 18.1. The first-order chi connectivity index (χ1) is 7.61. The summed E-state index contributed by atoms with van der Waals surface area (Å²) in [5.41, 5.74) is 0.903. The van der Waals surface area contributed by atoms with E-state index in [1.54, 1.807) is 24.3 Å². The number of ether oxygens (including phenoxy) is 2. The first-order valence-corrected chi connectivity index (χ1v) is 4.92. The van der Waals surface area contributed by atoms with Crippen LogP contribution in [0.1, 0.15) is 22.8 Å². The molecular weight excluding hydrogens is 208 g/mol. The molecule has 0 amide bonds. The standard InChI is InChI=1S/C12H12O4/c1-7-5-10(13)9-6-8(12(14)15-2)3-4-11(9)16-7/h3-7,13H,1-2H3/t7-/m0/s1. The van der Waals surface area contributed by atoms with Crippen LogP contribution in [0.15, 0.2) is 24.3 Å². The monoisotopic (exact) mass is 220 g/mol. The lowest BCUT2D eigenvalue weighted by Crippen LogP contribution is -2.15. The number of aliphatic hydroxyl groups is 1. The predicted octanol–water partition coefficient (Wildman–Crippen LogP) is 2.15. The van der Waals surface area contributed by atoms with Gasteiger partial charge in [0.15, 0.2) is 0 Å². The fourth-order valence-electron chi connectivity index (χ4n) is 1.62. The van der Waals surface area contributed by atoms with Gasteiger partial charge in [0.1, 0.15) is 17.6 Å². The van der Waals surface area contributed by atoms with E-state index in [9.17, 15) is 9.90 Å². The smallest absolute Gasteiger partial charge is 0.337 e. The van der Waals surface area contributed by atoms with Gasteiger partial charge in [-0.05, 0) is 31.2 Å². The highest BCUT2D eigenvalue weighted by Gasteiger charge is 2.19. The fraction of sp³-hybridized carbons (Fsp3) is 0.250. The minimum atomic E-state index is -0.436. The third-order valence-corrected chi connectivity index (χ3v) is 2.38. The molecule has 1 aromatic rings. The Hall–Kier alpha value is -1.97. The molecular formula is C12H12O4.